The van der Waals surface area contributed by atoms with Crippen LogP contribution in [0.15, 0.2) is 48.5 Å². The maximum atomic E-state index is 9.75. The van der Waals surface area contributed by atoms with Gasteiger partial charge in [0.15, 0.2) is 7.14 Å². The minimum atomic E-state index is -6.00. The average molecular weight is 396 g/mol. The molecular formula is C14H14BF4I. The molecule has 0 aliphatic carbocycles. The van der Waals surface area contributed by atoms with E-state index in [9.17, 15) is 17.3 Å². The molecule has 20 heavy (non-hydrogen) atoms. The molecule has 0 nitrogen and oxygen atoms in total. The quantitative estimate of drug-likeness (QED) is 0.413. The van der Waals surface area contributed by atoms with Gasteiger partial charge in [-0.2, -0.15) is 0 Å². The van der Waals surface area contributed by atoms with Crippen molar-refractivity contribution in [2.75, 3.05) is 0 Å². The Labute approximate surface area is 126 Å². The summed E-state index contributed by atoms with van der Waals surface area (Å²) in [5.74, 6) is 0. The first-order valence-corrected chi connectivity index (χ1v) is 8.06. The van der Waals surface area contributed by atoms with Gasteiger partial charge >= 0.3 is 28.5 Å². The summed E-state index contributed by atoms with van der Waals surface area (Å²) in [6.07, 6.45) is 0. The van der Waals surface area contributed by atoms with Crippen LogP contribution in [0.1, 0.15) is 11.1 Å². The first-order valence-electron chi connectivity index (χ1n) is 5.91. The van der Waals surface area contributed by atoms with Gasteiger partial charge in [0, 0.05) is 11.1 Å². The molecule has 0 saturated carbocycles. The fraction of sp³-hybridized carbons (Fsp3) is 0.143. The molecule has 6 heteroatoms. The largest absolute Gasteiger partial charge is 0.673 e. The highest BCUT2D eigenvalue weighted by Gasteiger charge is 2.20. The number of rotatable bonds is 2. The van der Waals surface area contributed by atoms with Gasteiger partial charge in [-0.05, 0) is 26.0 Å². The van der Waals surface area contributed by atoms with Gasteiger partial charge in [-0.3, -0.25) is 0 Å². The van der Waals surface area contributed by atoms with Gasteiger partial charge in [-0.1, -0.05) is 36.4 Å². The lowest BCUT2D eigenvalue weighted by Gasteiger charge is -1.94. The fourth-order valence-corrected chi connectivity index (χ4v) is 4.03. The number of hydrogen-bond acceptors (Lipinski definition) is 0. The standard InChI is InChI=1S/C14H14I.BF4/c1-11-7-3-5-9-13(11)15-14-10-6-4-8-12(14)2;2-1(3,4)5/h3-10H,1-2H3;/q+1;-1. The summed E-state index contributed by atoms with van der Waals surface area (Å²) in [6, 6.07) is 17.4. The van der Waals surface area contributed by atoms with Crippen LogP contribution >= 0.6 is 0 Å². The van der Waals surface area contributed by atoms with Crippen molar-refractivity contribution >= 4 is 7.25 Å². The van der Waals surface area contributed by atoms with Crippen LogP contribution in [-0.4, -0.2) is 7.25 Å². The van der Waals surface area contributed by atoms with E-state index in [1.807, 2.05) is 0 Å². The second-order valence-electron chi connectivity index (χ2n) is 4.09. The van der Waals surface area contributed by atoms with Crippen LogP contribution in [0.5, 0.6) is 0 Å². The van der Waals surface area contributed by atoms with Crippen molar-refractivity contribution in [2.24, 2.45) is 0 Å². The molecule has 0 saturated heterocycles. The van der Waals surface area contributed by atoms with Crippen LogP contribution < -0.4 is 21.2 Å². The Bertz CT molecular complexity index is 505. The van der Waals surface area contributed by atoms with Crippen molar-refractivity contribution in [3.63, 3.8) is 0 Å². The highest BCUT2D eigenvalue weighted by atomic mass is 127. The van der Waals surface area contributed by atoms with Gasteiger partial charge in [0.25, 0.3) is 0 Å². The predicted molar refractivity (Wildman–Crippen MR) is 69.9 cm³/mol. The number of benzene rings is 2. The summed E-state index contributed by atoms with van der Waals surface area (Å²) in [5.41, 5.74) is 2.85. The third-order valence-electron chi connectivity index (χ3n) is 2.36. The molecule has 2 aromatic carbocycles. The summed E-state index contributed by atoms with van der Waals surface area (Å²) in [5, 5.41) is 0. The van der Waals surface area contributed by atoms with Crippen molar-refractivity contribution in [1.82, 2.24) is 0 Å². The Morgan fingerprint density at radius 3 is 1.30 bits per heavy atom. The van der Waals surface area contributed by atoms with E-state index in [-0.39, 0.29) is 21.2 Å². The average Bonchev–Trinajstić information content (AvgIpc) is 2.33. The lowest BCUT2D eigenvalue weighted by molar-refractivity contribution is -0.598. The normalized spacial score (nSPS) is 10.7. The lowest BCUT2D eigenvalue weighted by Crippen LogP contribution is -3.62. The maximum Gasteiger partial charge on any atom is 0.673 e. The van der Waals surface area contributed by atoms with Crippen molar-refractivity contribution < 1.29 is 38.5 Å². The molecule has 2 rings (SSSR count). The van der Waals surface area contributed by atoms with Gasteiger partial charge in [-0.15, -0.1) is 0 Å². The Balaban J connectivity index is 0.000000347. The third kappa shape index (κ3) is 6.93. The van der Waals surface area contributed by atoms with E-state index >= 15 is 0 Å². The maximum absolute atomic E-state index is 9.75. The molecule has 0 unspecified atom stereocenters. The Kier molecular flexibility index (Phi) is 6.52. The van der Waals surface area contributed by atoms with Crippen LogP contribution in [-0.2, 0) is 0 Å². The van der Waals surface area contributed by atoms with Crippen LogP contribution in [0.3, 0.4) is 0 Å². The van der Waals surface area contributed by atoms with E-state index in [1.54, 1.807) is 0 Å². The van der Waals surface area contributed by atoms with Gasteiger partial charge in [0.1, 0.15) is 0 Å². The molecule has 108 valence electrons. The molecule has 0 fully saturated rings. The third-order valence-corrected chi connectivity index (χ3v) is 5.94. The molecule has 0 aliphatic rings. The van der Waals surface area contributed by atoms with Crippen LogP contribution in [0.2, 0.25) is 0 Å². The monoisotopic (exact) mass is 396 g/mol. The highest BCUT2D eigenvalue weighted by molar-refractivity contribution is 6.50. The Morgan fingerprint density at radius 2 is 1.00 bits per heavy atom. The molecule has 2 aromatic rings. The zero-order chi connectivity index (χ0) is 15.2. The van der Waals surface area contributed by atoms with Crippen molar-refractivity contribution in [3.8, 4) is 0 Å². The van der Waals surface area contributed by atoms with Crippen LogP contribution in [0.4, 0.5) is 17.3 Å². The van der Waals surface area contributed by atoms with E-state index in [4.69, 9.17) is 0 Å². The first kappa shape index (κ1) is 17.0. The summed E-state index contributed by atoms with van der Waals surface area (Å²) >= 11 is -0.0147. The van der Waals surface area contributed by atoms with Crippen LogP contribution in [0, 0.1) is 21.0 Å². The zero-order valence-corrected chi connectivity index (χ0v) is 13.2. The molecular weight excluding hydrogens is 382 g/mol. The topological polar surface area (TPSA) is 0 Å². The summed E-state index contributed by atoms with van der Waals surface area (Å²) in [4.78, 5) is 0. The molecule has 0 spiro atoms. The number of aryl methyl sites for hydroxylation is 2. The molecule has 0 radical (unpaired) electrons. The number of hydrogen-bond donors (Lipinski definition) is 0. The second-order valence-corrected chi connectivity index (χ2v) is 6.95. The van der Waals surface area contributed by atoms with Gasteiger partial charge in [0.05, 0.1) is 0 Å². The SMILES string of the molecule is Cc1ccccc1[I+]c1ccccc1C.F[B-](F)(F)F. The predicted octanol–water partition coefficient (Wildman–Crippen LogP) is 1.73. The molecule has 0 bridgehead atoms. The molecule has 0 amide bonds. The molecule has 0 aliphatic heterocycles. The zero-order valence-electron chi connectivity index (χ0n) is 11.1. The van der Waals surface area contributed by atoms with Gasteiger partial charge in [0.2, 0.25) is 0 Å². The van der Waals surface area contributed by atoms with E-state index in [2.05, 4.69) is 62.4 Å². The van der Waals surface area contributed by atoms with E-state index in [0.29, 0.717) is 0 Å². The van der Waals surface area contributed by atoms with E-state index in [1.165, 1.54) is 18.3 Å². The molecule has 0 heterocycles. The Morgan fingerprint density at radius 1 is 0.700 bits per heavy atom. The van der Waals surface area contributed by atoms with E-state index < -0.39 is 7.25 Å². The van der Waals surface area contributed by atoms with Crippen molar-refractivity contribution in [2.45, 2.75) is 13.8 Å². The molecule has 0 N–H and O–H groups in total. The van der Waals surface area contributed by atoms with Crippen molar-refractivity contribution in [1.29, 1.82) is 0 Å². The summed E-state index contributed by atoms with van der Waals surface area (Å²) in [6.45, 7) is 4.40. The summed E-state index contributed by atoms with van der Waals surface area (Å²) in [7, 11) is -6.00. The highest BCUT2D eigenvalue weighted by Crippen LogP contribution is 2.06. The minimum Gasteiger partial charge on any atom is -0.418 e. The number of halogens is 5. The molecule has 0 atom stereocenters. The van der Waals surface area contributed by atoms with Gasteiger partial charge in [-0.25, -0.2) is 0 Å². The minimum absolute atomic E-state index is 0.0147. The Hall–Kier alpha value is -1.05. The van der Waals surface area contributed by atoms with Gasteiger partial charge < -0.3 is 17.3 Å². The first-order chi connectivity index (χ1) is 9.27. The second kappa shape index (κ2) is 7.66. The molecule has 0 aromatic heterocycles. The van der Waals surface area contributed by atoms with Crippen LogP contribution in [0.25, 0.3) is 0 Å². The van der Waals surface area contributed by atoms with Crippen molar-refractivity contribution in [3.05, 3.63) is 66.8 Å². The van der Waals surface area contributed by atoms with E-state index in [0.717, 1.165) is 0 Å². The summed E-state index contributed by atoms with van der Waals surface area (Å²) < 4.78 is 42.1. The smallest absolute Gasteiger partial charge is 0.418 e. The fourth-order valence-electron chi connectivity index (χ4n) is 1.42. The lowest BCUT2D eigenvalue weighted by atomic mass is 10.2.